The summed E-state index contributed by atoms with van der Waals surface area (Å²) in [6.07, 6.45) is 6.51. The monoisotopic (exact) mass is 342 g/mol. The van der Waals surface area contributed by atoms with Crippen LogP contribution in [0.5, 0.6) is 0 Å². The van der Waals surface area contributed by atoms with Gasteiger partial charge in [0.15, 0.2) is 0 Å². The van der Waals surface area contributed by atoms with Gasteiger partial charge >= 0.3 is 0 Å². The average Bonchev–Trinajstić information content (AvgIpc) is 3.13. The van der Waals surface area contributed by atoms with Gasteiger partial charge in [-0.25, -0.2) is 0 Å². The van der Waals surface area contributed by atoms with Gasteiger partial charge in [-0.2, -0.15) is 0 Å². The molecule has 0 amide bonds. The summed E-state index contributed by atoms with van der Waals surface area (Å²) in [7, 11) is 0. The molecule has 1 aliphatic rings. The highest BCUT2D eigenvalue weighted by Crippen LogP contribution is 2.29. The highest BCUT2D eigenvalue weighted by molar-refractivity contribution is 6.33. The van der Waals surface area contributed by atoms with E-state index in [1.807, 2.05) is 18.2 Å². The van der Waals surface area contributed by atoms with Gasteiger partial charge in [-0.1, -0.05) is 66.9 Å². The quantitative estimate of drug-likeness (QED) is 0.745. The summed E-state index contributed by atoms with van der Waals surface area (Å²) in [6, 6.07) is 17.4. The lowest BCUT2D eigenvalue weighted by atomic mass is 9.93. The lowest BCUT2D eigenvalue weighted by Crippen LogP contribution is -2.29. The van der Waals surface area contributed by atoms with E-state index in [9.17, 15) is 0 Å². The van der Waals surface area contributed by atoms with E-state index in [0.29, 0.717) is 12.5 Å². The predicted molar refractivity (Wildman–Crippen MR) is 104 cm³/mol. The Morgan fingerprint density at radius 3 is 2.42 bits per heavy atom. The Bertz CT molecular complexity index is 633. The van der Waals surface area contributed by atoms with Crippen LogP contribution in [0.15, 0.2) is 48.5 Å². The first kappa shape index (κ1) is 17.5. The molecular weight excluding hydrogens is 316 g/mol. The van der Waals surface area contributed by atoms with Crippen molar-refractivity contribution < 1.29 is 0 Å². The second-order valence-corrected chi connectivity index (χ2v) is 7.17. The lowest BCUT2D eigenvalue weighted by Gasteiger charge is -2.18. The molecule has 24 heavy (non-hydrogen) atoms. The fraction of sp³-hybridized carbons (Fsp3) is 0.429. The van der Waals surface area contributed by atoms with Crippen LogP contribution in [0.3, 0.4) is 0 Å². The van der Waals surface area contributed by atoms with Gasteiger partial charge in [-0.15, -0.1) is 0 Å². The van der Waals surface area contributed by atoms with Gasteiger partial charge < -0.3 is 11.1 Å². The third kappa shape index (κ3) is 4.38. The fourth-order valence-electron chi connectivity index (χ4n) is 3.64. The number of benzene rings is 2. The minimum atomic E-state index is 0.416. The summed E-state index contributed by atoms with van der Waals surface area (Å²) >= 11 is 6.29. The van der Waals surface area contributed by atoms with Crippen LogP contribution in [0, 0.1) is 0 Å². The van der Waals surface area contributed by atoms with E-state index in [1.54, 1.807) is 0 Å². The zero-order valence-corrected chi connectivity index (χ0v) is 14.9. The summed E-state index contributed by atoms with van der Waals surface area (Å²) in [5, 5.41) is 4.48. The lowest BCUT2D eigenvalue weighted by molar-refractivity contribution is 0.490. The van der Waals surface area contributed by atoms with Gasteiger partial charge in [0.05, 0.1) is 0 Å². The molecule has 0 radical (unpaired) electrons. The highest BCUT2D eigenvalue weighted by Gasteiger charge is 2.15. The zero-order valence-electron chi connectivity index (χ0n) is 14.2. The van der Waals surface area contributed by atoms with Crippen LogP contribution in [0.1, 0.15) is 43.6 Å². The Labute approximate surface area is 150 Å². The molecule has 0 aliphatic heterocycles. The molecule has 0 spiro atoms. The standard InChI is InChI=1S/C21H27ClN2/c22-21-8-4-3-7-20(21)17-11-9-16(10-12-17)18(15-23)13-14-24-19-5-1-2-6-19/h3-4,7-12,18-19,24H,1-2,5-6,13-15,23H2. The van der Waals surface area contributed by atoms with E-state index in [1.165, 1.54) is 31.2 Å². The number of rotatable bonds is 7. The Kier molecular flexibility index (Phi) is 6.30. The number of hydrogen-bond donors (Lipinski definition) is 2. The first-order valence-electron chi connectivity index (χ1n) is 9.06. The van der Waals surface area contributed by atoms with Crippen molar-refractivity contribution in [2.24, 2.45) is 5.73 Å². The van der Waals surface area contributed by atoms with Crippen molar-refractivity contribution in [3.8, 4) is 11.1 Å². The molecule has 1 aliphatic carbocycles. The first-order chi connectivity index (χ1) is 11.8. The zero-order chi connectivity index (χ0) is 16.8. The van der Waals surface area contributed by atoms with Crippen molar-refractivity contribution in [3.63, 3.8) is 0 Å². The Morgan fingerprint density at radius 2 is 1.75 bits per heavy atom. The van der Waals surface area contributed by atoms with Crippen LogP contribution in [0.4, 0.5) is 0 Å². The molecule has 1 unspecified atom stereocenters. The molecule has 0 aromatic heterocycles. The predicted octanol–water partition coefficient (Wildman–Crippen LogP) is 4.97. The maximum Gasteiger partial charge on any atom is 0.0484 e. The molecular formula is C21H27ClN2. The molecule has 128 valence electrons. The van der Waals surface area contributed by atoms with E-state index in [0.717, 1.165) is 35.2 Å². The number of hydrogen-bond acceptors (Lipinski definition) is 2. The Hall–Kier alpha value is -1.35. The largest absolute Gasteiger partial charge is 0.330 e. The van der Waals surface area contributed by atoms with E-state index in [2.05, 4.69) is 35.6 Å². The molecule has 1 atom stereocenters. The average molecular weight is 343 g/mol. The molecule has 2 aromatic carbocycles. The minimum Gasteiger partial charge on any atom is -0.330 e. The van der Waals surface area contributed by atoms with E-state index in [-0.39, 0.29) is 0 Å². The van der Waals surface area contributed by atoms with E-state index in [4.69, 9.17) is 17.3 Å². The van der Waals surface area contributed by atoms with Crippen molar-refractivity contribution in [1.82, 2.24) is 5.32 Å². The normalized spacial score (nSPS) is 16.4. The number of nitrogens with two attached hydrogens (primary N) is 1. The fourth-order valence-corrected chi connectivity index (χ4v) is 3.89. The smallest absolute Gasteiger partial charge is 0.0484 e. The van der Waals surface area contributed by atoms with Gasteiger partial charge in [0.1, 0.15) is 0 Å². The van der Waals surface area contributed by atoms with Gasteiger partial charge in [0, 0.05) is 16.6 Å². The highest BCUT2D eigenvalue weighted by atomic mass is 35.5. The van der Waals surface area contributed by atoms with Crippen molar-refractivity contribution in [3.05, 3.63) is 59.1 Å². The van der Waals surface area contributed by atoms with E-state index < -0.39 is 0 Å². The SMILES string of the molecule is NCC(CCNC1CCCC1)c1ccc(-c2ccccc2Cl)cc1. The second kappa shape index (κ2) is 8.66. The van der Waals surface area contributed by atoms with Gasteiger partial charge in [0.25, 0.3) is 0 Å². The van der Waals surface area contributed by atoms with Gasteiger partial charge in [0.2, 0.25) is 0 Å². The van der Waals surface area contributed by atoms with Crippen molar-refractivity contribution in [2.45, 2.75) is 44.1 Å². The molecule has 0 heterocycles. The van der Waals surface area contributed by atoms with Gasteiger partial charge in [-0.3, -0.25) is 0 Å². The molecule has 2 nitrogen and oxygen atoms in total. The molecule has 0 saturated heterocycles. The molecule has 3 heteroatoms. The summed E-state index contributed by atoms with van der Waals surface area (Å²) in [5.74, 6) is 0.416. The van der Waals surface area contributed by atoms with Gasteiger partial charge in [-0.05, 0) is 55.5 Å². The van der Waals surface area contributed by atoms with Crippen LogP contribution in [-0.2, 0) is 0 Å². The van der Waals surface area contributed by atoms with Crippen LogP contribution in [0.25, 0.3) is 11.1 Å². The minimum absolute atomic E-state index is 0.416. The molecule has 2 aromatic rings. The van der Waals surface area contributed by atoms with E-state index >= 15 is 0 Å². The molecule has 3 N–H and O–H groups in total. The van der Waals surface area contributed by atoms with Crippen molar-refractivity contribution >= 4 is 11.6 Å². The van der Waals surface area contributed by atoms with Crippen molar-refractivity contribution in [2.75, 3.05) is 13.1 Å². The Morgan fingerprint density at radius 1 is 1.04 bits per heavy atom. The second-order valence-electron chi connectivity index (χ2n) is 6.76. The van der Waals surface area contributed by atoms with Crippen LogP contribution >= 0.6 is 11.6 Å². The summed E-state index contributed by atoms with van der Waals surface area (Å²) < 4.78 is 0. The van der Waals surface area contributed by atoms with Crippen LogP contribution < -0.4 is 11.1 Å². The van der Waals surface area contributed by atoms with Crippen LogP contribution in [0.2, 0.25) is 5.02 Å². The summed E-state index contributed by atoms with van der Waals surface area (Å²) in [4.78, 5) is 0. The van der Waals surface area contributed by atoms with Crippen LogP contribution in [-0.4, -0.2) is 19.1 Å². The third-order valence-electron chi connectivity index (χ3n) is 5.13. The maximum atomic E-state index is 6.29. The molecule has 3 rings (SSSR count). The third-order valence-corrected chi connectivity index (χ3v) is 5.46. The maximum absolute atomic E-state index is 6.29. The van der Waals surface area contributed by atoms with Crippen molar-refractivity contribution in [1.29, 1.82) is 0 Å². The first-order valence-corrected chi connectivity index (χ1v) is 9.44. The Balaban J connectivity index is 1.61. The summed E-state index contributed by atoms with van der Waals surface area (Å²) in [5.41, 5.74) is 9.58. The molecule has 0 bridgehead atoms. The topological polar surface area (TPSA) is 38.0 Å². The summed E-state index contributed by atoms with van der Waals surface area (Å²) in [6.45, 7) is 1.75. The number of nitrogens with one attached hydrogen (secondary N) is 1. The number of halogens is 1. The molecule has 1 fully saturated rings. The molecule has 1 saturated carbocycles.